The van der Waals surface area contributed by atoms with E-state index in [-0.39, 0.29) is 0 Å². The molecule has 3 rings (SSSR count). The third kappa shape index (κ3) is 1.60. The standard InChI is InChI=1S/C11H8ClN5/c12-8-3-4-9(17-15-6-10(13)16-17)11-7(8)2-1-5-14-11/h1-6H,(H2,13,16). The molecule has 0 unspecified atom stereocenters. The number of benzene rings is 1. The van der Waals surface area contributed by atoms with Gasteiger partial charge in [0.05, 0.1) is 16.7 Å². The summed E-state index contributed by atoms with van der Waals surface area (Å²) in [4.78, 5) is 5.75. The van der Waals surface area contributed by atoms with Crippen LogP contribution in [-0.4, -0.2) is 20.0 Å². The molecule has 0 spiro atoms. The van der Waals surface area contributed by atoms with Crippen LogP contribution in [0.25, 0.3) is 16.6 Å². The van der Waals surface area contributed by atoms with Crippen molar-refractivity contribution in [2.45, 2.75) is 0 Å². The van der Waals surface area contributed by atoms with Crippen molar-refractivity contribution in [2.24, 2.45) is 0 Å². The number of anilines is 1. The SMILES string of the molecule is Nc1cnn(-c2ccc(Cl)c3cccnc23)n1. The van der Waals surface area contributed by atoms with Gasteiger partial charge < -0.3 is 5.73 Å². The van der Waals surface area contributed by atoms with E-state index in [1.54, 1.807) is 12.3 Å². The number of halogens is 1. The van der Waals surface area contributed by atoms with Gasteiger partial charge in [0.2, 0.25) is 0 Å². The predicted molar refractivity (Wildman–Crippen MR) is 66.1 cm³/mol. The maximum atomic E-state index is 6.11. The van der Waals surface area contributed by atoms with Crippen LogP contribution in [0.2, 0.25) is 5.02 Å². The maximum absolute atomic E-state index is 6.11. The number of pyridine rings is 1. The summed E-state index contributed by atoms with van der Waals surface area (Å²) in [7, 11) is 0. The summed E-state index contributed by atoms with van der Waals surface area (Å²) in [5, 5.41) is 9.64. The van der Waals surface area contributed by atoms with Crippen LogP contribution in [0, 0.1) is 0 Å². The van der Waals surface area contributed by atoms with Crippen LogP contribution in [0.3, 0.4) is 0 Å². The molecule has 0 aliphatic rings. The van der Waals surface area contributed by atoms with Crippen LogP contribution >= 0.6 is 11.6 Å². The van der Waals surface area contributed by atoms with Gasteiger partial charge in [0, 0.05) is 11.6 Å². The van der Waals surface area contributed by atoms with Crippen molar-refractivity contribution in [3.8, 4) is 5.69 Å². The average molecular weight is 246 g/mol. The Morgan fingerprint density at radius 2 is 2.12 bits per heavy atom. The van der Waals surface area contributed by atoms with Gasteiger partial charge in [-0.3, -0.25) is 4.98 Å². The van der Waals surface area contributed by atoms with Crippen molar-refractivity contribution in [2.75, 3.05) is 5.73 Å². The number of hydrogen-bond acceptors (Lipinski definition) is 4. The third-order valence-electron chi connectivity index (χ3n) is 2.42. The number of nitrogens with two attached hydrogens (primary N) is 1. The van der Waals surface area contributed by atoms with E-state index < -0.39 is 0 Å². The molecule has 17 heavy (non-hydrogen) atoms. The highest BCUT2D eigenvalue weighted by Gasteiger charge is 2.09. The van der Waals surface area contributed by atoms with Crippen molar-refractivity contribution in [3.05, 3.63) is 41.7 Å². The van der Waals surface area contributed by atoms with Gasteiger partial charge in [-0.05, 0) is 24.3 Å². The molecule has 0 aliphatic carbocycles. The van der Waals surface area contributed by atoms with Crippen LogP contribution < -0.4 is 5.73 Å². The first kappa shape index (κ1) is 10.0. The Labute approximate surface area is 102 Å². The first-order valence-electron chi connectivity index (χ1n) is 4.97. The molecule has 3 aromatic rings. The number of nitrogens with zero attached hydrogens (tertiary/aromatic N) is 4. The summed E-state index contributed by atoms with van der Waals surface area (Å²) in [5.41, 5.74) is 7.05. The molecule has 2 heterocycles. The molecule has 5 nitrogen and oxygen atoms in total. The normalized spacial score (nSPS) is 10.9. The third-order valence-corrected chi connectivity index (χ3v) is 2.75. The van der Waals surface area contributed by atoms with E-state index in [1.165, 1.54) is 11.0 Å². The van der Waals surface area contributed by atoms with Crippen molar-refractivity contribution < 1.29 is 0 Å². The Morgan fingerprint density at radius 3 is 2.88 bits per heavy atom. The van der Waals surface area contributed by atoms with Crippen LogP contribution in [0.4, 0.5) is 5.82 Å². The Hall–Kier alpha value is -2.14. The van der Waals surface area contributed by atoms with E-state index in [0.29, 0.717) is 10.8 Å². The average Bonchev–Trinajstić information content (AvgIpc) is 2.77. The van der Waals surface area contributed by atoms with Gasteiger partial charge in [0.15, 0.2) is 5.82 Å². The summed E-state index contributed by atoms with van der Waals surface area (Å²) in [6, 6.07) is 7.35. The van der Waals surface area contributed by atoms with Gasteiger partial charge in [0.25, 0.3) is 0 Å². The minimum Gasteiger partial charge on any atom is -0.381 e. The zero-order chi connectivity index (χ0) is 11.8. The highest BCUT2D eigenvalue weighted by molar-refractivity contribution is 6.35. The van der Waals surface area contributed by atoms with Gasteiger partial charge in [-0.25, -0.2) is 0 Å². The highest BCUT2D eigenvalue weighted by Crippen LogP contribution is 2.26. The predicted octanol–water partition coefficient (Wildman–Crippen LogP) is 2.05. The number of rotatable bonds is 1. The second kappa shape index (κ2) is 3.71. The van der Waals surface area contributed by atoms with Crippen molar-refractivity contribution in [1.29, 1.82) is 0 Å². The number of nitrogen functional groups attached to an aromatic ring is 1. The number of fused-ring (bicyclic) bond motifs is 1. The highest BCUT2D eigenvalue weighted by atomic mass is 35.5. The maximum Gasteiger partial charge on any atom is 0.166 e. The smallest absolute Gasteiger partial charge is 0.166 e. The summed E-state index contributed by atoms with van der Waals surface area (Å²) in [6.07, 6.45) is 3.19. The van der Waals surface area contributed by atoms with E-state index in [9.17, 15) is 0 Å². The molecule has 0 bridgehead atoms. The van der Waals surface area contributed by atoms with Crippen LogP contribution in [0.5, 0.6) is 0 Å². The number of hydrogen-bond donors (Lipinski definition) is 1. The zero-order valence-electron chi connectivity index (χ0n) is 8.71. The Balaban J connectivity index is 2.34. The topological polar surface area (TPSA) is 69.6 Å². The summed E-state index contributed by atoms with van der Waals surface area (Å²) in [5.74, 6) is 0.365. The molecule has 6 heteroatoms. The van der Waals surface area contributed by atoms with Crippen molar-refractivity contribution in [1.82, 2.24) is 20.0 Å². The minimum atomic E-state index is 0.365. The summed E-state index contributed by atoms with van der Waals surface area (Å²) >= 11 is 6.11. The molecule has 0 atom stereocenters. The number of aromatic nitrogens is 4. The molecule has 84 valence electrons. The van der Waals surface area contributed by atoms with Gasteiger partial charge in [-0.15, -0.1) is 9.90 Å². The molecule has 0 fully saturated rings. The Kier molecular flexibility index (Phi) is 2.19. The molecular formula is C11H8ClN5. The van der Waals surface area contributed by atoms with Gasteiger partial charge in [-0.1, -0.05) is 11.6 Å². The first-order chi connectivity index (χ1) is 8.25. The van der Waals surface area contributed by atoms with Crippen LogP contribution in [0.15, 0.2) is 36.7 Å². The Bertz CT molecular complexity index is 691. The van der Waals surface area contributed by atoms with Crippen molar-refractivity contribution in [3.63, 3.8) is 0 Å². The molecule has 0 amide bonds. The molecule has 0 radical (unpaired) electrons. The van der Waals surface area contributed by atoms with E-state index in [4.69, 9.17) is 17.3 Å². The molecule has 1 aromatic carbocycles. The molecular weight excluding hydrogens is 238 g/mol. The monoisotopic (exact) mass is 245 g/mol. The fraction of sp³-hybridized carbons (Fsp3) is 0. The van der Waals surface area contributed by atoms with Gasteiger partial charge in [0.1, 0.15) is 5.69 Å². The largest absolute Gasteiger partial charge is 0.381 e. The van der Waals surface area contributed by atoms with Gasteiger partial charge >= 0.3 is 0 Å². The molecule has 2 aromatic heterocycles. The summed E-state index contributed by atoms with van der Waals surface area (Å²) in [6.45, 7) is 0. The lowest BCUT2D eigenvalue weighted by Gasteiger charge is -2.05. The molecule has 0 saturated heterocycles. The minimum absolute atomic E-state index is 0.365. The van der Waals surface area contributed by atoms with E-state index in [2.05, 4.69) is 15.2 Å². The lowest BCUT2D eigenvalue weighted by molar-refractivity contribution is 0.758. The summed E-state index contributed by atoms with van der Waals surface area (Å²) < 4.78 is 0. The van der Waals surface area contributed by atoms with Crippen molar-refractivity contribution >= 4 is 28.3 Å². The fourth-order valence-electron chi connectivity index (χ4n) is 1.68. The quantitative estimate of drug-likeness (QED) is 0.712. The Morgan fingerprint density at radius 1 is 1.24 bits per heavy atom. The van der Waals surface area contributed by atoms with E-state index >= 15 is 0 Å². The van der Waals surface area contributed by atoms with Crippen LogP contribution in [0.1, 0.15) is 0 Å². The molecule has 0 saturated carbocycles. The molecule has 2 N–H and O–H groups in total. The first-order valence-corrected chi connectivity index (χ1v) is 5.35. The second-order valence-corrected chi connectivity index (χ2v) is 3.93. The molecule has 0 aliphatic heterocycles. The second-order valence-electron chi connectivity index (χ2n) is 3.52. The van der Waals surface area contributed by atoms with Crippen LogP contribution in [-0.2, 0) is 0 Å². The fourth-order valence-corrected chi connectivity index (χ4v) is 1.89. The van der Waals surface area contributed by atoms with Gasteiger partial charge in [-0.2, -0.15) is 5.10 Å². The lowest BCUT2D eigenvalue weighted by Crippen LogP contribution is -2.01. The zero-order valence-corrected chi connectivity index (χ0v) is 9.46. The lowest BCUT2D eigenvalue weighted by atomic mass is 10.2. The van der Waals surface area contributed by atoms with E-state index in [1.807, 2.05) is 18.2 Å². The van der Waals surface area contributed by atoms with E-state index in [0.717, 1.165) is 16.6 Å².